The zero-order valence-corrected chi connectivity index (χ0v) is 14.2. The second kappa shape index (κ2) is 7.16. The van der Waals surface area contributed by atoms with Crippen molar-refractivity contribution in [1.29, 1.82) is 5.26 Å². The van der Waals surface area contributed by atoms with Gasteiger partial charge in [0.05, 0.1) is 16.5 Å². The quantitative estimate of drug-likeness (QED) is 0.834. The van der Waals surface area contributed by atoms with Gasteiger partial charge in [-0.25, -0.2) is 8.42 Å². The summed E-state index contributed by atoms with van der Waals surface area (Å²) in [6.07, 6.45) is 7.11. The number of nitrogens with zero attached hydrogens (tertiary/aromatic N) is 4. The monoisotopic (exact) mass is 344 g/mol. The minimum Gasteiger partial charge on any atom is -0.273 e. The maximum atomic E-state index is 13.0. The standard InChI is InChI=1S/C17H20N4O2S/c18-14-15-5-3-7-17(13-15)24(22,23)21-11-2-1-6-16(21)8-12-20-10-4-9-19-20/h3-5,7,9-10,13,16H,1-2,6,8,11-12H2. The van der Waals surface area contributed by atoms with Crippen LogP contribution in [0.5, 0.6) is 0 Å². The number of benzene rings is 1. The van der Waals surface area contributed by atoms with Crippen LogP contribution in [-0.2, 0) is 16.6 Å². The number of rotatable bonds is 5. The molecule has 2 aromatic rings. The highest BCUT2D eigenvalue weighted by atomic mass is 32.2. The highest BCUT2D eigenvalue weighted by Crippen LogP contribution is 2.27. The molecular weight excluding hydrogens is 324 g/mol. The molecule has 1 fully saturated rings. The molecule has 0 saturated carbocycles. The Bertz CT molecular complexity index is 825. The van der Waals surface area contributed by atoms with E-state index in [0.29, 0.717) is 18.7 Å². The average molecular weight is 344 g/mol. The largest absolute Gasteiger partial charge is 0.273 e. The zero-order chi connectivity index (χ0) is 17.0. The lowest BCUT2D eigenvalue weighted by atomic mass is 10.0. The Balaban J connectivity index is 1.81. The van der Waals surface area contributed by atoms with Crippen molar-refractivity contribution in [3.63, 3.8) is 0 Å². The number of hydrogen-bond donors (Lipinski definition) is 0. The highest BCUT2D eigenvalue weighted by molar-refractivity contribution is 7.89. The van der Waals surface area contributed by atoms with Gasteiger partial charge in [0.25, 0.3) is 0 Å². The number of sulfonamides is 1. The van der Waals surface area contributed by atoms with Crippen LogP contribution in [0.2, 0.25) is 0 Å². The van der Waals surface area contributed by atoms with Crippen LogP contribution in [0.15, 0.2) is 47.6 Å². The molecule has 1 aliphatic rings. The van der Waals surface area contributed by atoms with E-state index in [1.54, 1.807) is 28.7 Å². The molecule has 1 aromatic heterocycles. The smallest absolute Gasteiger partial charge is 0.243 e. The molecule has 0 spiro atoms. The first kappa shape index (κ1) is 16.7. The van der Waals surface area contributed by atoms with Gasteiger partial charge < -0.3 is 0 Å². The van der Waals surface area contributed by atoms with Gasteiger partial charge in [0.1, 0.15) is 0 Å². The van der Waals surface area contributed by atoms with E-state index in [9.17, 15) is 8.42 Å². The summed E-state index contributed by atoms with van der Waals surface area (Å²) in [4.78, 5) is 0.201. The van der Waals surface area contributed by atoms with E-state index in [1.807, 2.05) is 23.0 Å². The zero-order valence-electron chi connectivity index (χ0n) is 13.4. The summed E-state index contributed by atoms with van der Waals surface area (Å²) < 4.78 is 29.5. The van der Waals surface area contributed by atoms with Gasteiger partial charge in [0, 0.05) is 31.5 Å². The number of aryl methyl sites for hydroxylation is 1. The molecule has 0 aliphatic carbocycles. The van der Waals surface area contributed by atoms with Crippen molar-refractivity contribution in [2.24, 2.45) is 0 Å². The molecule has 7 heteroatoms. The Morgan fingerprint density at radius 1 is 1.29 bits per heavy atom. The molecular formula is C17H20N4O2S. The number of nitriles is 1. The van der Waals surface area contributed by atoms with Crippen molar-refractivity contribution < 1.29 is 8.42 Å². The summed E-state index contributed by atoms with van der Waals surface area (Å²) in [5.74, 6) is 0. The second-order valence-electron chi connectivity index (χ2n) is 5.96. The van der Waals surface area contributed by atoms with Gasteiger partial charge >= 0.3 is 0 Å². The van der Waals surface area contributed by atoms with E-state index >= 15 is 0 Å². The minimum absolute atomic E-state index is 0.0290. The van der Waals surface area contributed by atoms with Crippen molar-refractivity contribution in [1.82, 2.24) is 14.1 Å². The topological polar surface area (TPSA) is 79.0 Å². The van der Waals surface area contributed by atoms with Crippen molar-refractivity contribution in [3.8, 4) is 6.07 Å². The molecule has 126 valence electrons. The first-order chi connectivity index (χ1) is 11.6. The lowest BCUT2D eigenvalue weighted by molar-refractivity contribution is 0.231. The molecule has 3 rings (SSSR count). The molecule has 6 nitrogen and oxygen atoms in total. The first-order valence-corrected chi connectivity index (χ1v) is 9.55. The van der Waals surface area contributed by atoms with Crippen LogP contribution in [0.25, 0.3) is 0 Å². The maximum Gasteiger partial charge on any atom is 0.243 e. The fourth-order valence-corrected chi connectivity index (χ4v) is 4.92. The van der Waals surface area contributed by atoms with Gasteiger partial charge in [0.15, 0.2) is 0 Å². The predicted octanol–water partition coefficient (Wildman–Crippen LogP) is 2.39. The van der Waals surface area contributed by atoms with Crippen LogP contribution in [0, 0.1) is 11.3 Å². The van der Waals surface area contributed by atoms with Crippen molar-refractivity contribution in [3.05, 3.63) is 48.3 Å². The summed E-state index contributed by atoms with van der Waals surface area (Å²) in [6, 6.07) is 10.1. The maximum absolute atomic E-state index is 13.0. The summed E-state index contributed by atoms with van der Waals surface area (Å²) in [5.41, 5.74) is 0.362. The van der Waals surface area contributed by atoms with Gasteiger partial charge in [-0.15, -0.1) is 0 Å². The second-order valence-corrected chi connectivity index (χ2v) is 7.85. The lowest BCUT2D eigenvalue weighted by Gasteiger charge is -2.34. The molecule has 1 unspecified atom stereocenters. The molecule has 1 aromatic carbocycles. The van der Waals surface area contributed by atoms with Crippen LogP contribution < -0.4 is 0 Å². The van der Waals surface area contributed by atoms with Gasteiger partial charge in [-0.1, -0.05) is 12.5 Å². The van der Waals surface area contributed by atoms with Crippen molar-refractivity contribution in [2.75, 3.05) is 6.54 Å². The molecule has 24 heavy (non-hydrogen) atoms. The highest BCUT2D eigenvalue weighted by Gasteiger charge is 2.33. The van der Waals surface area contributed by atoms with Gasteiger partial charge in [-0.3, -0.25) is 4.68 Å². The van der Waals surface area contributed by atoms with Crippen LogP contribution in [0.3, 0.4) is 0 Å². The summed E-state index contributed by atoms with van der Waals surface area (Å²) >= 11 is 0. The molecule has 1 aliphatic heterocycles. The fraction of sp³-hybridized carbons (Fsp3) is 0.412. The Hall–Kier alpha value is -2.17. The SMILES string of the molecule is N#Cc1cccc(S(=O)(=O)N2CCCCC2CCn2cccn2)c1. The van der Waals surface area contributed by atoms with Gasteiger partial charge in [-0.2, -0.15) is 14.7 Å². The van der Waals surface area contributed by atoms with Crippen molar-refractivity contribution in [2.45, 2.75) is 43.2 Å². The van der Waals surface area contributed by atoms with E-state index < -0.39 is 10.0 Å². The van der Waals surface area contributed by atoms with Gasteiger partial charge in [0.2, 0.25) is 10.0 Å². The van der Waals surface area contributed by atoms with Crippen molar-refractivity contribution >= 4 is 10.0 Å². The third kappa shape index (κ3) is 3.50. The summed E-state index contributed by atoms with van der Waals surface area (Å²) in [6.45, 7) is 1.23. The van der Waals surface area contributed by atoms with E-state index in [0.717, 1.165) is 25.7 Å². The Kier molecular flexibility index (Phi) is 4.97. The third-order valence-corrected chi connectivity index (χ3v) is 6.34. The third-order valence-electron chi connectivity index (χ3n) is 4.39. The van der Waals surface area contributed by atoms with E-state index in [4.69, 9.17) is 5.26 Å². The van der Waals surface area contributed by atoms with Crippen LogP contribution in [-0.4, -0.2) is 35.1 Å². The Labute approximate surface area is 142 Å². The van der Waals surface area contributed by atoms with Gasteiger partial charge in [-0.05, 0) is 43.5 Å². The lowest BCUT2D eigenvalue weighted by Crippen LogP contribution is -2.44. The number of hydrogen-bond acceptors (Lipinski definition) is 4. The molecule has 0 amide bonds. The summed E-state index contributed by atoms with van der Waals surface area (Å²) in [5, 5.41) is 13.2. The predicted molar refractivity (Wildman–Crippen MR) is 89.5 cm³/mol. The number of aromatic nitrogens is 2. The molecule has 1 saturated heterocycles. The minimum atomic E-state index is -3.58. The molecule has 2 heterocycles. The number of piperidine rings is 1. The first-order valence-electron chi connectivity index (χ1n) is 8.11. The average Bonchev–Trinajstić information content (AvgIpc) is 3.14. The van der Waals surface area contributed by atoms with Crippen LogP contribution in [0.1, 0.15) is 31.2 Å². The van der Waals surface area contributed by atoms with E-state index in [2.05, 4.69) is 5.10 Å². The van der Waals surface area contributed by atoms with Crippen LogP contribution in [0.4, 0.5) is 0 Å². The Morgan fingerprint density at radius 2 is 2.17 bits per heavy atom. The van der Waals surface area contributed by atoms with Crippen LogP contribution >= 0.6 is 0 Å². The Morgan fingerprint density at radius 3 is 2.92 bits per heavy atom. The fourth-order valence-electron chi connectivity index (χ4n) is 3.15. The van der Waals surface area contributed by atoms with E-state index in [-0.39, 0.29) is 10.9 Å². The molecule has 1 atom stereocenters. The van der Waals surface area contributed by atoms with E-state index in [1.165, 1.54) is 6.07 Å². The molecule has 0 radical (unpaired) electrons. The molecule has 0 bridgehead atoms. The summed E-state index contributed by atoms with van der Waals surface area (Å²) in [7, 11) is -3.58. The normalized spacial score (nSPS) is 19.0. The molecule has 0 N–H and O–H groups in total.